The zero-order chi connectivity index (χ0) is 66.2. The van der Waals surface area contributed by atoms with E-state index in [0.717, 1.165) is 16.7 Å². The van der Waals surface area contributed by atoms with Crippen LogP contribution in [0.1, 0.15) is 99.4 Å². The highest BCUT2D eigenvalue weighted by Crippen LogP contribution is 2.15. The Kier molecular flexibility index (Phi) is 54.5. The second kappa shape index (κ2) is 53.7. The number of H-pyrrole nitrogens is 3. The van der Waals surface area contributed by atoms with Crippen molar-refractivity contribution < 1.29 is 79.7 Å². The second-order valence-electron chi connectivity index (χ2n) is 18.0. The van der Waals surface area contributed by atoms with Crippen LogP contribution in [0.4, 0.5) is 4.39 Å². The van der Waals surface area contributed by atoms with Crippen LogP contribution in [-0.2, 0) is 64.3 Å². The molecule has 500 valence electrons. The molecule has 0 aliphatic rings. The number of halogens is 1. The molecule has 5 aromatic heterocycles. The lowest BCUT2D eigenvalue weighted by Crippen LogP contribution is -2.19. The molecule has 25 nitrogen and oxygen atoms in total. The first-order valence-corrected chi connectivity index (χ1v) is 28.3. The molecule has 0 fully saturated rings. The van der Waals surface area contributed by atoms with Gasteiger partial charge in [-0.15, -0.1) is 0 Å². The van der Waals surface area contributed by atoms with Crippen LogP contribution in [0.25, 0.3) is 0 Å². The molecule has 0 bridgehead atoms. The van der Waals surface area contributed by atoms with Crippen molar-refractivity contribution in [2.45, 2.75) is 119 Å². The molecular formula is C61H100FN7O18S. The van der Waals surface area contributed by atoms with Crippen LogP contribution in [0.3, 0.4) is 0 Å². The lowest BCUT2D eigenvalue weighted by molar-refractivity contribution is -0.151. The van der Waals surface area contributed by atoms with Gasteiger partial charge in [-0.25, -0.2) is 32.8 Å². The summed E-state index contributed by atoms with van der Waals surface area (Å²) in [7, 11) is 11.1. The van der Waals surface area contributed by atoms with E-state index in [1.165, 1.54) is 58.2 Å². The number of aromatic amines is 3. The quantitative estimate of drug-likeness (QED) is 0.0359. The number of carbonyl (C=O) groups excluding carboxylic acids is 3. The molecule has 27 heteroatoms. The molecule has 0 aliphatic heterocycles. The normalized spacial score (nSPS) is 11.4. The van der Waals surface area contributed by atoms with Crippen LogP contribution >= 0.6 is 0 Å². The average molecular weight is 1270 g/mol. The number of esters is 3. The lowest BCUT2D eigenvalue weighted by atomic mass is 10.3. The molecule has 0 saturated heterocycles. The van der Waals surface area contributed by atoms with Crippen LogP contribution in [0.5, 0.6) is 5.75 Å². The molecule has 1 aromatic carbocycles. The molecule has 5 atom stereocenters. The van der Waals surface area contributed by atoms with E-state index in [1.807, 2.05) is 40.7 Å². The first-order valence-electron chi connectivity index (χ1n) is 26.4. The average Bonchev–Trinajstić information content (AvgIpc) is 4.15. The van der Waals surface area contributed by atoms with Gasteiger partial charge in [0.15, 0.2) is 21.6 Å². The van der Waals surface area contributed by atoms with Crippen molar-refractivity contribution in [1.29, 1.82) is 0 Å². The van der Waals surface area contributed by atoms with E-state index in [2.05, 4.69) is 44.2 Å². The predicted molar refractivity (Wildman–Crippen MR) is 337 cm³/mol. The summed E-state index contributed by atoms with van der Waals surface area (Å²) in [6.07, 6.45) is 9.51. The summed E-state index contributed by atoms with van der Waals surface area (Å²) < 4.78 is 83.7. The van der Waals surface area contributed by atoms with Crippen molar-refractivity contribution in [3.05, 3.63) is 158 Å². The summed E-state index contributed by atoms with van der Waals surface area (Å²) in [5, 5.41) is 12.1. The molecule has 4 N–H and O–H groups in total. The van der Waals surface area contributed by atoms with Crippen molar-refractivity contribution in [3.8, 4) is 5.75 Å². The Morgan fingerprint density at radius 2 is 1.27 bits per heavy atom. The number of aryl methyl sites for hydroxylation is 5. The Bertz CT molecular complexity index is 2920. The minimum Gasteiger partial charge on any atom is -0.497 e. The number of hydrogen-bond acceptors (Lipinski definition) is 21. The number of aromatic nitrogens is 7. The molecule has 0 spiro atoms. The standard InChI is InChI=1S/C10H16N2O3.C9H14N2O3.C8H10O3S.C6H6FN.2C6H7NO.C5H10O3.C5H12O2.C4H10O2.2CH4/c1-7(14-3)4-5-15-10(13)9-6-11-8(2)12-9;1-7(13-3)6-14-9(12)8-4-5-11(2)10-8;1-11-7-3-5-8(6-4-7)12(2,9)10;1-5-2-3-8-6(7)4-5;1-5-2-3-7-6(8)4-5;1-5-3-2-4-7-6(5)8;1-4(7-2)5(6)8-3;1-5(7-3)4-6-2;1-4(3-5)6-2;;/h6-7H,4-5H2,1-3H3,(H,11,12);4-5,7H,6H2,1-3H3;3-6H,1-2H3;2-4H,1H3;2*2-4H,1H3,(H,7,8);4H,1-3H3;5H,4H2,1-3H3;4-5H,3H2,1-2H3;2*1H4/t;7-;;;;;4-;5-;4-;;/m.1....111../s1. The van der Waals surface area contributed by atoms with E-state index < -0.39 is 27.9 Å². The fourth-order valence-corrected chi connectivity index (χ4v) is 5.55. The molecule has 6 aromatic rings. The summed E-state index contributed by atoms with van der Waals surface area (Å²) in [4.78, 5) is 69.6. The number of pyridine rings is 3. The van der Waals surface area contributed by atoms with E-state index in [0.29, 0.717) is 47.5 Å². The number of hydrogen-bond donors (Lipinski definition) is 4. The number of benzene rings is 1. The molecule has 0 radical (unpaired) electrons. The monoisotopic (exact) mass is 1270 g/mol. The lowest BCUT2D eigenvalue weighted by Gasteiger charge is -2.08. The number of aliphatic hydroxyl groups is 1. The van der Waals surface area contributed by atoms with Crippen molar-refractivity contribution >= 4 is 27.7 Å². The molecule has 0 amide bonds. The van der Waals surface area contributed by atoms with Crippen molar-refractivity contribution in [3.63, 3.8) is 0 Å². The predicted octanol–water partition coefficient (Wildman–Crippen LogP) is 8.05. The van der Waals surface area contributed by atoms with E-state index in [9.17, 15) is 36.8 Å². The number of carbonyl (C=O) groups is 3. The Hall–Kier alpha value is -7.50. The van der Waals surface area contributed by atoms with Gasteiger partial charge < -0.3 is 67.4 Å². The molecule has 0 aliphatic carbocycles. The molecule has 1 unspecified atom stereocenters. The summed E-state index contributed by atoms with van der Waals surface area (Å²) >= 11 is 0. The van der Waals surface area contributed by atoms with Gasteiger partial charge in [-0.05, 0) is 128 Å². The number of nitrogens with zero attached hydrogens (tertiary/aromatic N) is 4. The first-order chi connectivity index (χ1) is 40.5. The van der Waals surface area contributed by atoms with E-state index in [4.69, 9.17) is 38.3 Å². The minimum atomic E-state index is -3.08. The van der Waals surface area contributed by atoms with Gasteiger partial charge >= 0.3 is 17.9 Å². The molecule has 0 saturated carbocycles. The molecule has 6 rings (SSSR count). The van der Waals surface area contributed by atoms with Crippen molar-refractivity contribution in [1.82, 2.24) is 34.7 Å². The van der Waals surface area contributed by atoms with Gasteiger partial charge in [-0.3, -0.25) is 14.3 Å². The number of imidazole rings is 1. The van der Waals surface area contributed by atoms with Gasteiger partial charge in [0.05, 0.1) is 69.5 Å². The Balaban J connectivity index is -0.000000297. The van der Waals surface area contributed by atoms with E-state index >= 15 is 0 Å². The van der Waals surface area contributed by atoms with Crippen LogP contribution in [0.15, 0.2) is 112 Å². The SMILES string of the molecule is C.C.COC(=O)[C@@H](C)OC.COC(C)CCOC(=O)c1cnc(C)[nH]1.COC[C@@H](C)OC.CO[C@H](C)CO.CO[C@H](C)COC(=O)c1ccn(C)n1.COc1ccc(S(C)(=O)=O)cc1.Cc1cc[nH]c(=O)c1.Cc1ccc[nH]c1=O.Cc1ccnc(F)c1. The summed E-state index contributed by atoms with van der Waals surface area (Å²) in [6.45, 7) is 17.8. The van der Waals surface area contributed by atoms with Crippen LogP contribution in [-0.4, -0.2) is 186 Å². The summed E-state index contributed by atoms with van der Waals surface area (Å²) in [6, 6.07) is 18.0. The number of rotatable bonds is 18. The van der Waals surface area contributed by atoms with Gasteiger partial charge in [0, 0.05) is 98.8 Å². The topological polar surface area (TPSA) is 323 Å². The minimum absolute atomic E-state index is 0. The molecular weight excluding hydrogens is 1170 g/mol. The Morgan fingerprint density at radius 3 is 1.61 bits per heavy atom. The van der Waals surface area contributed by atoms with Gasteiger partial charge in [0.2, 0.25) is 11.5 Å². The fraction of sp³-hybridized carbons (Fsp3) is 0.508. The highest BCUT2D eigenvalue weighted by molar-refractivity contribution is 7.90. The van der Waals surface area contributed by atoms with Crippen LogP contribution < -0.4 is 15.9 Å². The number of sulfone groups is 1. The van der Waals surface area contributed by atoms with E-state index in [-0.39, 0.29) is 75.5 Å². The molecule has 88 heavy (non-hydrogen) atoms. The first kappa shape index (κ1) is 89.3. The maximum Gasteiger partial charge on any atom is 0.358 e. The zero-order valence-corrected chi connectivity index (χ0v) is 53.9. The third kappa shape index (κ3) is 47.6. The smallest absolute Gasteiger partial charge is 0.358 e. The van der Waals surface area contributed by atoms with Crippen molar-refractivity contribution in [2.24, 2.45) is 7.05 Å². The number of nitrogens with one attached hydrogen (secondary N) is 3. The third-order valence-corrected chi connectivity index (χ3v) is 11.7. The Labute approximate surface area is 519 Å². The second-order valence-corrected chi connectivity index (χ2v) is 20.0. The van der Waals surface area contributed by atoms with Crippen LogP contribution in [0.2, 0.25) is 0 Å². The maximum atomic E-state index is 12.1. The number of ether oxygens (including phenoxy) is 10. The number of methoxy groups -OCH3 is 8. The van der Waals surface area contributed by atoms with Gasteiger partial charge in [0.25, 0.3) is 5.56 Å². The maximum absolute atomic E-state index is 12.1. The zero-order valence-electron chi connectivity index (χ0n) is 53.1. The van der Waals surface area contributed by atoms with Gasteiger partial charge in [0.1, 0.15) is 23.9 Å². The van der Waals surface area contributed by atoms with Gasteiger partial charge in [-0.1, -0.05) is 20.9 Å². The summed E-state index contributed by atoms with van der Waals surface area (Å²) in [5.41, 5.74) is 3.31. The van der Waals surface area contributed by atoms with E-state index in [1.54, 1.807) is 136 Å². The number of aliphatic hydroxyl groups excluding tert-OH is 1. The van der Waals surface area contributed by atoms with Crippen molar-refractivity contribution in [2.75, 3.05) is 89.6 Å². The Morgan fingerprint density at radius 1 is 0.693 bits per heavy atom. The summed E-state index contributed by atoms with van der Waals surface area (Å²) in [5.74, 6) is -0.194. The highest BCUT2D eigenvalue weighted by Gasteiger charge is 2.13. The fourth-order valence-electron chi connectivity index (χ4n) is 4.92. The largest absolute Gasteiger partial charge is 0.497 e. The third-order valence-electron chi connectivity index (χ3n) is 10.5. The molecule has 5 heterocycles. The highest BCUT2D eigenvalue weighted by atomic mass is 32.2. The van der Waals surface area contributed by atoms with Crippen LogP contribution in [0, 0.1) is 33.6 Å². The van der Waals surface area contributed by atoms with Gasteiger partial charge in [-0.2, -0.15) is 9.49 Å².